The summed E-state index contributed by atoms with van der Waals surface area (Å²) < 4.78 is 43.0. The maximum absolute atomic E-state index is 14.4. The van der Waals surface area contributed by atoms with E-state index in [0.717, 1.165) is 9.87 Å². The number of nitrogens with zero attached hydrogens (tertiary/aromatic N) is 2. The van der Waals surface area contributed by atoms with E-state index in [1.165, 1.54) is 47.4 Å². The van der Waals surface area contributed by atoms with Crippen molar-refractivity contribution in [2.75, 3.05) is 10.8 Å². The zero-order chi connectivity index (χ0) is 31.9. The second-order valence-electron chi connectivity index (χ2n) is 10.8. The van der Waals surface area contributed by atoms with E-state index in [9.17, 15) is 22.4 Å². The number of carbonyl (C=O) groups excluding carboxylic acids is 2. The van der Waals surface area contributed by atoms with Gasteiger partial charge >= 0.3 is 0 Å². The van der Waals surface area contributed by atoms with Crippen molar-refractivity contribution in [3.63, 3.8) is 0 Å². The summed E-state index contributed by atoms with van der Waals surface area (Å²) in [5.41, 5.74) is 2.21. The topological polar surface area (TPSA) is 86.8 Å². The molecule has 0 aromatic heterocycles. The lowest BCUT2D eigenvalue weighted by atomic mass is 10.0. The molecule has 1 atom stereocenters. The van der Waals surface area contributed by atoms with Crippen LogP contribution in [-0.2, 0) is 32.6 Å². The van der Waals surface area contributed by atoms with Gasteiger partial charge in [-0.25, -0.2) is 12.8 Å². The van der Waals surface area contributed by atoms with Crippen molar-refractivity contribution in [1.82, 2.24) is 10.2 Å². The number of nitrogens with one attached hydrogen (secondary N) is 1. The Morgan fingerprint density at radius 3 is 2.09 bits per heavy atom. The SMILES string of the molecule is Cc1ccc(Cl)cc1N(CC(=O)N(Cc1ccc(F)cc1)[C@@H](Cc1ccccc1)C(=O)NC(C)C)S(=O)(=O)c1ccccc1. The van der Waals surface area contributed by atoms with Crippen LogP contribution in [0.25, 0.3) is 0 Å². The maximum Gasteiger partial charge on any atom is 0.264 e. The van der Waals surface area contributed by atoms with E-state index in [4.69, 9.17) is 11.6 Å². The fraction of sp³-hybridized carbons (Fsp3) is 0.235. The van der Waals surface area contributed by atoms with Crippen LogP contribution in [-0.4, -0.2) is 43.8 Å². The van der Waals surface area contributed by atoms with Gasteiger partial charge in [0.15, 0.2) is 0 Å². The molecule has 4 aromatic rings. The highest BCUT2D eigenvalue weighted by Gasteiger charge is 2.35. The molecule has 7 nitrogen and oxygen atoms in total. The summed E-state index contributed by atoms with van der Waals surface area (Å²) in [6, 6.07) is 26.3. The fourth-order valence-corrected chi connectivity index (χ4v) is 6.46. The normalized spacial score (nSPS) is 12.0. The summed E-state index contributed by atoms with van der Waals surface area (Å²) in [4.78, 5) is 29.5. The van der Waals surface area contributed by atoms with Crippen LogP contribution < -0.4 is 9.62 Å². The zero-order valence-electron chi connectivity index (χ0n) is 24.8. The number of sulfonamides is 1. The van der Waals surface area contributed by atoms with Gasteiger partial charge in [0.05, 0.1) is 10.6 Å². The van der Waals surface area contributed by atoms with Crippen molar-refractivity contribution in [3.05, 3.63) is 131 Å². The van der Waals surface area contributed by atoms with E-state index in [1.807, 2.05) is 44.2 Å². The number of carbonyl (C=O) groups is 2. The lowest BCUT2D eigenvalue weighted by molar-refractivity contribution is -0.140. The smallest absolute Gasteiger partial charge is 0.264 e. The molecule has 230 valence electrons. The molecule has 44 heavy (non-hydrogen) atoms. The predicted octanol–water partition coefficient (Wildman–Crippen LogP) is 6.15. The molecular weight excluding hydrogens is 601 g/mol. The van der Waals surface area contributed by atoms with Gasteiger partial charge in [-0.2, -0.15) is 0 Å². The Hall–Kier alpha value is -4.21. The largest absolute Gasteiger partial charge is 0.352 e. The highest BCUT2D eigenvalue weighted by molar-refractivity contribution is 7.92. The molecule has 0 aliphatic heterocycles. The first kappa shape index (κ1) is 32.7. The molecule has 0 bridgehead atoms. The molecule has 0 radical (unpaired) electrons. The summed E-state index contributed by atoms with van der Waals surface area (Å²) in [5.74, 6) is -1.45. The molecule has 0 aliphatic carbocycles. The van der Waals surface area contributed by atoms with E-state index >= 15 is 0 Å². The number of rotatable bonds is 12. The predicted molar refractivity (Wildman–Crippen MR) is 171 cm³/mol. The highest BCUT2D eigenvalue weighted by Crippen LogP contribution is 2.30. The Morgan fingerprint density at radius 2 is 1.48 bits per heavy atom. The van der Waals surface area contributed by atoms with Crippen LogP contribution in [0.3, 0.4) is 0 Å². The molecule has 0 saturated carbocycles. The van der Waals surface area contributed by atoms with Gasteiger partial charge in [-0.3, -0.25) is 13.9 Å². The molecule has 1 N–H and O–H groups in total. The lowest BCUT2D eigenvalue weighted by Crippen LogP contribution is -2.54. The Balaban J connectivity index is 1.82. The number of hydrogen-bond acceptors (Lipinski definition) is 4. The molecule has 0 heterocycles. The minimum Gasteiger partial charge on any atom is -0.352 e. The summed E-state index contributed by atoms with van der Waals surface area (Å²) in [7, 11) is -4.25. The van der Waals surface area contributed by atoms with Crippen LogP contribution in [0.1, 0.15) is 30.5 Å². The summed E-state index contributed by atoms with van der Waals surface area (Å²) >= 11 is 6.31. The van der Waals surface area contributed by atoms with Crippen molar-refractivity contribution < 1.29 is 22.4 Å². The van der Waals surface area contributed by atoms with Gasteiger partial charge in [-0.15, -0.1) is 0 Å². The monoisotopic (exact) mass is 635 g/mol. The van der Waals surface area contributed by atoms with E-state index in [2.05, 4.69) is 5.32 Å². The average Bonchev–Trinajstić information content (AvgIpc) is 3.00. The van der Waals surface area contributed by atoms with E-state index in [1.54, 1.807) is 37.3 Å². The number of benzene rings is 4. The second-order valence-corrected chi connectivity index (χ2v) is 13.1. The third-order valence-corrected chi connectivity index (χ3v) is 9.03. The average molecular weight is 636 g/mol. The molecule has 4 rings (SSSR count). The quantitative estimate of drug-likeness (QED) is 0.202. The molecule has 4 aromatic carbocycles. The van der Waals surface area contributed by atoms with Gasteiger partial charge in [0, 0.05) is 24.0 Å². The molecule has 2 amide bonds. The van der Waals surface area contributed by atoms with E-state index in [-0.39, 0.29) is 29.6 Å². The standard InChI is InChI=1S/C34H35ClFN3O4S/c1-24(2)37-34(41)32(20-26-10-6-4-7-11-26)38(22-27-15-18-29(36)19-16-27)33(40)23-39(31-21-28(35)17-14-25(31)3)44(42,43)30-12-8-5-9-13-30/h4-19,21,24,32H,20,22-23H2,1-3H3,(H,37,41)/t32-/m0/s1. The first-order chi connectivity index (χ1) is 21.0. The van der Waals surface area contributed by atoms with Gasteiger partial charge in [-0.1, -0.05) is 78.3 Å². The van der Waals surface area contributed by atoms with Crippen molar-refractivity contribution >= 4 is 39.1 Å². The number of amides is 2. The number of hydrogen-bond donors (Lipinski definition) is 1. The lowest BCUT2D eigenvalue weighted by Gasteiger charge is -2.34. The second kappa shape index (κ2) is 14.5. The van der Waals surface area contributed by atoms with Gasteiger partial charge in [0.2, 0.25) is 11.8 Å². The minimum absolute atomic E-state index is 0.00403. The Kier molecular flexibility index (Phi) is 10.8. The van der Waals surface area contributed by atoms with Gasteiger partial charge < -0.3 is 10.2 Å². The molecule has 0 aliphatic rings. The fourth-order valence-electron chi connectivity index (χ4n) is 4.81. The number of anilines is 1. The van der Waals surface area contributed by atoms with E-state index in [0.29, 0.717) is 16.1 Å². The summed E-state index contributed by atoms with van der Waals surface area (Å²) in [6.07, 6.45) is 0.175. The van der Waals surface area contributed by atoms with Gasteiger partial charge in [0.25, 0.3) is 10.0 Å². The third kappa shape index (κ3) is 8.24. The van der Waals surface area contributed by atoms with Crippen LogP contribution >= 0.6 is 11.6 Å². The van der Waals surface area contributed by atoms with Crippen LogP contribution in [0.5, 0.6) is 0 Å². The molecule has 0 fully saturated rings. The van der Waals surface area contributed by atoms with Crippen LogP contribution in [0.15, 0.2) is 108 Å². The highest BCUT2D eigenvalue weighted by atomic mass is 35.5. The Morgan fingerprint density at radius 1 is 0.864 bits per heavy atom. The van der Waals surface area contributed by atoms with Crippen molar-refractivity contribution in [2.24, 2.45) is 0 Å². The van der Waals surface area contributed by atoms with Crippen LogP contribution in [0.4, 0.5) is 10.1 Å². The van der Waals surface area contributed by atoms with Crippen molar-refractivity contribution in [1.29, 1.82) is 0 Å². The molecule has 0 saturated heterocycles. The minimum atomic E-state index is -4.25. The van der Waals surface area contributed by atoms with Crippen molar-refractivity contribution in [3.8, 4) is 0 Å². The molecular formula is C34H35ClFN3O4S. The first-order valence-electron chi connectivity index (χ1n) is 14.2. The molecule has 0 unspecified atom stereocenters. The molecule has 0 spiro atoms. The van der Waals surface area contributed by atoms with E-state index < -0.39 is 40.2 Å². The first-order valence-corrected chi connectivity index (χ1v) is 16.0. The van der Waals surface area contributed by atoms with Gasteiger partial charge in [-0.05, 0) is 73.9 Å². The third-order valence-electron chi connectivity index (χ3n) is 7.02. The summed E-state index contributed by atoms with van der Waals surface area (Å²) in [6.45, 7) is 4.70. The number of halogens is 2. The summed E-state index contributed by atoms with van der Waals surface area (Å²) in [5, 5.41) is 3.21. The van der Waals surface area contributed by atoms with Gasteiger partial charge in [0.1, 0.15) is 18.4 Å². The molecule has 10 heteroatoms. The number of aryl methyl sites for hydroxylation is 1. The maximum atomic E-state index is 14.4. The Labute approximate surface area is 263 Å². The zero-order valence-corrected chi connectivity index (χ0v) is 26.4. The van der Waals surface area contributed by atoms with Crippen LogP contribution in [0.2, 0.25) is 5.02 Å². The van der Waals surface area contributed by atoms with Crippen molar-refractivity contribution in [2.45, 2.75) is 50.7 Å². The van der Waals surface area contributed by atoms with Crippen LogP contribution in [0, 0.1) is 12.7 Å². The Bertz CT molecular complexity index is 1690.